The minimum absolute atomic E-state index is 0.126. The third-order valence-corrected chi connectivity index (χ3v) is 2.11. The van der Waals surface area contributed by atoms with Crippen LogP contribution in [0.1, 0.15) is 5.69 Å². The molecule has 0 radical (unpaired) electrons. The minimum Gasteiger partial charge on any atom is -0.497 e. The number of hydrogen-bond acceptors (Lipinski definition) is 3. The summed E-state index contributed by atoms with van der Waals surface area (Å²) in [5.74, 6) is 0.862. The number of hydrogen-bond donors (Lipinski definition) is 1. The Hall–Kier alpha value is -1.97. The van der Waals surface area contributed by atoms with Crippen LogP contribution in [0.15, 0.2) is 30.3 Å². The zero-order valence-corrected chi connectivity index (χ0v) is 8.64. The summed E-state index contributed by atoms with van der Waals surface area (Å²) in [5, 5.41) is 13.8. The minimum atomic E-state index is 0.126. The van der Waals surface area contributed by atoms with Gasteiger partial charge in [0.05, 0.1) is 18.5 Å². The lowest BCUT2D eigenvalue weighted by Gasteiger charge is -2.05. The lowest BCUT2D eigenvalue weighted by Crippen LogP contribution is -1.96. The second kappa shape index (κ2) is 3.65. The molecule has 0 aliphatic rings. The molecule has 0 saturated carbocycles. The predicted molar refractivity (Wildman–Crippen MR) is 56.5 cm³/mol. The van der Waals surface area contributed by atoms with Crippen molar-refractivity contribution >= 4 is 0 Å². The van der Waals surface area contributed by atoms with Gasteiger partial charge in [-0.05, 0) is 19.1 Å². The lowest BCUT2D eigenvalue weighted by atomic mass is 10.3. The average molecular weight is 204 g/mol. The van der Waals surface area contributed by atoms with Crippen molar-refractivity contribution in [3.63, 3.8) is 0 Å². The fourth-order valence-electron chi connectivity index (χ4n) is 1.42. The Labute approximate surface area is 87.7 Å². The lowest BCUT2D eigenvalue weighted by molar-refractivity contribution is 0.413. The van der Waals surface area contributed by atoms with Crippen molar-refractivity contribution in [2.75, 3.05) is 7.11 Å². The second-order valence-electron chi connectivity index (χ2n) is 3.26. The van der Waals surface area contributed by atoms with Gasteiger partial charge in [-0.2, -0.15) is 5.10 Å². The number of benzene rings is 1. The number of ether oxygens (including phenoxy) is 1. The summed E-state index contributed by atoms with van der Waals surface area (Å²) in [6.07, 6.45) is 0. The summed E-state index contributed by atoms with van der Waals surface area (Å²) in [6.45, 7) is 1.83. The Balaban J connectivity index is 2.49. The van der Waals surface area contributed by atoms with E-state index in [0.29, 0.717) is 0 Å². The highest BCUT2D eigenvalue weighted by molar-refractivity contribution is 5.41. The number of rotatable bonds is 2. The van der Waals surface area contributed by atoms with Crippen molar-refractivity contribution in [1.82, 2.24) is 9.78 Å². The number of aromatic nitrogens is 2. The standard InChI is InChI=1S/C11H12N2O2/c1-8-6-11(14)13(12-8)9-4-3-5-10(7-9)15-2/h3-7,14H,1-2H3. The van der Waals surface area contributed by atoms with Gasteiger partial charge in [0, 0.05) is 12.1 Å². The molecule has 0 atom stereocenters. The highest BCUT2D eigenvalue weighted by Crippen LogP contribution is 2.21. The first-order valence-corrected chi connectivity index (χ1v) is 4.61. The highest BCUT2D eigenvalue weighted by atomic mass is 16.5. The predicted octanol–water partition coefficient (Wildman–Crippen LogP) is 1.89. The van der Waals surface area contributed by atoms with E-state index in [2.05, 4.69) is 5.10 Å². The van der Waals surface area contributed by atoms with Gasteiger partial charge in [-0.15, -0.1) is 0 Å². The number of aromatic hydroxyl groups is 1. The molecule has 0 bridgehead atoms. The summed E-state index contributed by atoms with van der Waals surface area (Å²) in [4.78, 5) is 0. The van der Waals surface area contributed by atoms with Gasteiger partial charge in [-0.1, -0.05) is 6.07 Å². The van der Waals surface area contributed by atoms with Gasteiger partial charge in [0.15, 0.2) is 0 Å². The Morgan fingerprint density at radius 2 is 2.13 bits per heavy atom. The van der Waals surface area contributed by atoms with Gasteiger partial charge in [0.25, 0.3) is 0 Å². The topological polar surface area (TPSA) is 47.3 Å². The summed E-state index contributed by atoms with van der Waals surface area (Å²) >= 11 is 0. The van der Waals surface area contributed by atoms with Gasteiger partial charge in [-0.25, -0.2) is 4.68 Å². The smallest absolute Gasteiger partial charge is 0.214 e. The van der Waals surface area contributed by atoms with Crippen LogP contribution in [0, 0.1) is 6.92 Å². The highest BCUT2D eigenvalue weighted by Gasteiger charge is 2.06. The molecule has 4 nitrogen and oxygen atoms in total. The van der Waals surface area contributed by atoms with Crippen LogP contribution < -0.4 is 4.74 Å². The molecule has 1 aromatic carbocycles. The molecule has 0 aliphatic carbocycles. The monoisotopic (exact) mass is 204 g/mol. The van der Waals surface area contributed by atoms with Gasteiger partial charge in [0.2, 0.25) is 5.88 Å². The van der Waals surface area contributed by atoms with Crippen molar-refractivity contribution in [3.05, 3.63) is 36.0 Å². The van der Waals surface area contributed by atoms with Crippen LogP contribution in [0.3, 0.4) is 0 Å². The van der Waals surface area contributed by atoms with E-state index in [-0.39, 0.29) is 5.88 Å². The molecule has 0 saturated heterocycles. The first-order chi connectivity index (χ1) is 7.20. The molecule has 1 N–H and O–H groups in total. The number of nitrogens with zero attached hydrogens (tertiary/aromatic N) is 2. The molecule has 2 aromatic rings. The molecule has 0 aliphatic heterocycles. The molecule has 0 amide bonds. The summed E-state index contributed by atoms with van der Waals surface area (Å²) in [7, 11) is 1.60. The van der Waals surface area contributed by atoms with Gasteiger partial charge < -0.3 is 9.84 Å². The van der Waals surface area contributed by atoms with E-state index in [9.17, 15) is 5.11 Å². The summed E-state index contributed by atoms with van der Waals surface area (Å²) < 4.78 is 6.57. The first-order valence-electron chi connectivity index (χ1n) is 4.61. The first kappa shape index (κ1) is 9.58. The maximum Gasteiger partial charge on any atom is 0.214 e. The Morgan fingerprint density at radius 3 is 2.73 bits per heavy atom. The molecule has 0 spiro atoms. The van der Waals surface area contributed by atoms with Crippen molar-refractivity contribution in [1.29, 1.82) is 0 Å². The van der Waals surface area contributed by atoms with E-state index in [1.54, 1.807) is 13.2 Å². The third kappa shape index (κ3) is 1.79. The zero-order valence-electron chi connectivity index (χ0n) is 8.64. The zero-order chi connectivity index (χ0) is 10.8. The maximum atomic E-state index is 9.61. The molecule has 0 unspecified atom stereocenters. The number of aryl methyl sites for hydroxylation is 1. The molecular weight excluding hydrogens is 192 g/mol. The van der Waals surface area contributed by atoms with Crippen molar-refractivity contribution in [3.8, 4) is 17.3 Å². The maximum absolute atomic E-state index is 9.61. The third-order valence-electron chi connectivity index (χ3n) is 2.11. The average Bonchev–Trinajstić information content (AvgIpc) is 2.58. The van der Waals surface area contributed by atoms with Crippen molar-refractivity contribution in [2.24, 2.45) is 0 Å². The van der Waals surface area contributed by atoms with E-state index in [4.69, 9.17) is 4.74 Å². The largest absolute Gasteiger partial charge is 0.497 e. The van der Waals surface area contributed by atoms with Gasteiger partial charge in [0.1, 0.15) is 5.75 Å². The van der Waals surface area contributed by atoms with Crippen LogP contribution in [-0.4, -0.2) is 22.0 Å². The molecule has 1 aromatic heterocycles. The SMILES string of the molecule is COc1cccc(-n2nc(C)cc2O)c1. The van der Waals surface area contributed by atoms with Crippen LogP contribution in [-0.2, 0) is 0 Å². The van der Waals surface area contributed by atoms with Gasteiger partial charge >= 0.3 is 0 Å². The van der Waals surface area contributed by atoms with Crippen LogP contribution in [0.25, 0.3) is 5.69 Å². The Bertz CT molecular complexity index is 477. The molecule has 2 rings (SSSR count). The fourth-order valence-corrected chi connectivity index (χ4v) is 1.42. The van der Waals surface area contributed by atoms with E-state index in [0.717, 1.165) is 17.1 Å². The molecule has 1 heterocycles. The molecule has 4 heteroatoms. The molecular formula is C11H12N2O2. The Kier molecular flexibility index (Phi) is 2.33. The normalized spacial score (nSPS) is 10.3. The van der Waals surface area contributed by atoms with Crippen LogP contribution in [0.5, 0.6) is 11.6 Å². The molecule has 15 heavy (non-hydrogen) atoms. The van der Waals surface area contributed by atoms with Crippen LogP contribution in [0.4, 0.5) is 0 Å². The quantitative estimate of drug-likeness (QED) is 0.812. The second-order valence-corrected chi connectivity index (χ2v) is 3.26. The number of methoxy groups -OCH3 is 1. The van der Waals surface area contributed by atoms with E-state index in [1.807, 2.05) is 31.2 Å². The summed E-state index contributed by atoms with van der Waals surface area (Å²) in [6, 6.07) is 8.97. The van der Waals surface area contributed by atoms with Crippen molar-refractivity contribution in [2.45, 2.75) is 6.92 Å². The van der Waals surface area contributed by atoms with E-state index >= 15 is 0 Å². The Morgan fingerprint density at radius 1 is 1.33 bits per heavy atom. The van der Waals surface area contributed by atoms with Crippen LogP contribution in [0.2, 0.25) is 0 Å². The van der Waals surface area contributed by atoms with E-state index < -0.39 is 0 Å². The van der Waals surface area contributed by atoms with Crippen LogP contribution >= 0.6 is 0 Å². The fraction of sp³-hybridized carbons (Fsp3) is 0.182. The van der Waals surface area contributed by atoms with Gasteiger partial charge in [-0.3, -0.25) is 0 Å². The summed E-state index contributed by atoms with van der Waals surface area (Å²) in [5.41, 5.74) is 1.55. The molecule has 78 valence electrons. The van der Waals surface area contributed by atoms with E-state index in [1.165, 1.54) is 4.68 Å². The molecule has 0 fully saturated rings. The van der Waals surface area contributed by atoms with Crippen molar-refractivity contribution < 1.29 is 9.84 Å².